The molecule has 0 spiro atoms. The third-order valence-corrected chi connectivity index (χ3v) is 5.36. The van der Waals surface area contributed by atoms with Crippen LogP contribution in [0.1, 0.15) is 28.7 Å². The van der Waals surface area contributed by atoms with Crippen LogP contribution < -0.4 is 4.74 Å². The van der Waals surface area contributed by atoms with Gasteiger partial charge in [0.2, 0.25) is 0 Å². The minimum atomic E-state index is -1.60. The lowest BCUT2D eigenvalue weighted by Crippen LogP contribution is -2.23. The van der Waals surface area contributed by atoms with Gasteiger partial charge in [0.1, 0.15) is 12.4 Å². The molecule has 0 unspecified atom stereocenters. The molecule has 3 rings (SSSR count). The first-order valence-corrected chi connectivity index (χ1v) is 10.3. The smallest absolute Gasteiger partial charge is 0.318 e. The van der Waals surface area contributed by atoms with Crippen LogP contribution >= 0.6 is 11.3 Å². The number of thiophene rings is 1. The van der Waals surface area contributed by atoms with E-state index in [1.807, 2.05) is 22.9 Å². The fraction of sp³-hybridized carbons (Fsp3) is 0.125. The normalized spacial score (nSPS) is 11.2. The van der Waals surface area contributed by atoms with Crippen LogP contribution in [0.3, 0.4) is 0 Å². The zero-order chi connectivity index (χ0) is 22.2. The zero-order valence-corrected chi connectivity index (χ0v) is 17.2. The van der Waals surface area contributed by atoms with Gasteiger partial charge in [0.05, 0.1) is 11.6 Å². The Balaban J connectivity index is 1.99. The van der Waals surface area contributed by atoms with E-state index in [9.17, 15) is 25.1 Å². The van der Waals surface area contributed by atoms with Gasteiger partial charge < -0.3 is 14.9 Å². The molecule has 6 nitrogen and oxygen atoms in total. The quantitative estimate of drug-likeness (QED) is 0.366. The Kier molecular flexibility index (Phi) is 7.20. The highest BCUT2D eigenvalue weighted by molar-refractivity contribution is 7.07. The SMILES string of the molecule is N#Cc1ccc(OCc2ccsc2)cc1/C=C(/CC(C(=O)O)C(=O)O)c1ccccc1. The Labute approximate surface area is 183 Å². The predicted molar refractivity (Wildman–Crippen MR) is 117 cm³/mol. The molecule has 2 N–H and O–H groups in total. The first kappa shape index (κ1) is 21.8. The standard InChI is InChI=1S/C24H19NO5S/c25-13-18-6-7-21(30-14-16-8-9-31-15-16)11-19(18)10-20(17-4-2-1-3-5-17)12-22(23(26)27)24(28)29/h1-11,15,22H,12,14H2,(H,26,27)(H,28,29)/b20-10-. The molecule has 0 aliphatic carbocycles. The van der Waals surface area contributed by atoms with Gasteiger partial charge in [-0.25, -0.2) is 0 Å². The first-order chi connectivity index (χ1) is 15.0. The molecule has 1 aromatic heterocycles. The molecular weight excluding hydrogens is 414 g/mol. The number of nitriles is 1. The maximum absolute atomic E-state index is 11.5. The number of hydrogen-bond acceptors (Lipinski definition) is 5. The minimum Gasteiger partial charge on any atom is -0.489 e. The highest BCUT2D eigenvalue weighted by atomic mass is 32.1. The molecule has 0 saturated carbocycles. The van der Waals surface area contributed by atoms with Crippen molar-refractivity contribution in [2.75, 3.05) is 0 Å². The number of rotatable bonds is 9. The van der Waals surface area contributed by atoms with Gasteiger partial charge in [-0.1, -0.05) is 30.3 Å². The molecule has 7 heteroatoms. The second kappa shape index (κ2) is 10.2. The third kappa shape index (κ3) is 5.81. The van der Waals surface area contributed by atoms with E-state index in [1.165, 1.54) is 0 Å². The zero-order valence-electron chi connectivity index (χ0n) is 16.4. The van der Waals surface area contributed by atoms with Crippen molar-refractivity contribution in [2.24, 2.45) is 5.92 Å². The van der Waals surface area contributed by atoms with Gasteiger partial charge in [-0.15, -0.1) is 0 Å². The van der Waals surface area contributed by atoms with Crippen molar-refractivity contribution in [1.82, 2.24) is 0 Å². The Hall–Kier alpha value is -3.89. The molecule has 0 atom stereocenters. The minimum absolute atomic E-state index is 0.223. The van der Waals surface area contributed by atoms with Crippen LogP contribution in [0, 0.1) is 17.2 Å². The molecule has 0 saturated heterocycles. The van der Waals surface area contributed by atoms with Crippen molar-refractivity contribution in [3.8, 4) is 11.8 Å². The average Bonchev–Trinajstić information content (AvgIpc) is 3.29. The van der Waals surface area contributed by atoms with E-state index in [-0.39, 0.29) is 6.42 Å². The van der Waals surface area contributed by atoms with Crippen LogP contribution in [-0.2, 0) is 16.2 Å². The second-order valence-corrected chi connectivity index (χ2v) is 7.53. The molecule has 0 aliphatic heterocycles. The van der Waals surface area contributed by atoms with Gasteiger partial charge in [-0.05, 0) is 69.8 Å². The van der Waals surface area contributed by atoms with Gasteiger partial charge in [-0.3, -0.25) is 9.59 Å². The van der Waals surface area contributed by atoms with Crippen molar-refractivity contribution < 1.29 is 24.5 Å². The fourth-order valence-corrected chi connectivity index (χ4v) is 3.65. The maximum Gasteiger partial charge on any atom is 0.318 e. The van der Waals surface area contributed by atoms with Gasteiger partial charge in [-0.2, -0.15) is 16.6 Å². The lowest BCUT2D eigenvalue weighted by atomic mass is 9.91. The summed E-state index contributed by atoms with van der Waals surface area (Å²) in [5, 5.41) is 32.1. The highest BCUT2D eigenvalue weighted by Crippen LogP contribution is 2.29. The Morgan fingerprint density at radius 1 is 1.10 bits per heavy atom. The molecule has 0 aliphatic rings. The predicted octanol–water partition coefficient (Wildman–Crippen LogP) is 4.91. The fourth-order valence-electron chi connectivity index (χ4n) is 2.99. The van der Waals surface area contributed by atoms with E-state index < -0.39 is 17.9 Å². The molecule has 0 radical (unpaired) electrons. The Morgan fingerprint density at radius 3 is 2.45 bits per heavy atom. The van der Waals surface area contributed by atoms with E-state index in [0.29, 0.717) is 34.6 Å². The number of nitrogens with zero attached hydrogens (tertiary/aromatic N) is 1. The molecule has 156 valence electrons. The van der Waals surface area contributed by atoms with Crippen molar-refractivity contribution >= 4 is 34.9 Å². The molecule has 2 aromatic carbocycles. The molecule has 31 heavy (non-hydrogen) atoms. The van der Waals surface area contributed by atoms with E-state index in [2.05, 4.69) is 6.07 Å². The van der Waals surface area contributed by atoms with Crippen LogP contribution in [-0.4, -0.2) is 22.2 Å². The summed E-state index contributed by atoms with van der Waals surface area (Å²) < 4.78 is 5.82. The lowest BCUT2D eigenvalue weighted by Gasteiger charge is -2.13. The molecule has 3 aromatic rings. The number of ether oxygens (including phenoxy) is 1. The molecule has 0 amide bonds. The summed E-state index contributed by atoms with van der Waals surface area (Å²) in [7, 11) is 0. The number of aliphatic carboxylic acids is 2. The van der Waals surface area contributed by atoms with Gasteiger partial charge in [0.15, 0.2) is 5.92 Å². The summed E-state index contributed by atoms with van der Waals surface area (Å²) in [6.07, 6.45) is 1.43. The van der Waals surface area contributed by atoms with Crippen molar-refractivity contribution in [2.45, 2.75) is 13.0 Å². The number of hydrogen-bond donors (Lipinski definition) is 2. The van der Waals surface area contributed by atoms with Crippen molar-refractivity contribution in [3.05, 3.63) is 87.6 Å². The Bertz CT molecular complexity index is 1120. The average molecular weight is 433 g/mol. The number of carbonyl (C=O) groups is 2. The summed E-state index contributed by atoms with van der Waals surface area (Å²) in [6.45, 7) is 0.379. The topological polar surface area (TPSA) is 108 Å². The maximum atomic E-state index is 11.5. The molecule has 0 bridgehead atoms. The number of allylic oxidation sites excluding steroid dienone is 1. The van der Waals surface area contributed by atoms with E-state index in [1.54, 1.807) is 59.9 Å². The van der Waals surface area contributed by atoms with Gasteiger partial charge in [0.25, 0.3) is 0 Å². The monoisotopic (exact) mass is 433 g/mol. The van der Waals surface area contributed by atoms with Gasteiger partial charge in [0, 0.05) is 0 Å². The van der Waals surface area contributed by atoms with Crippen LogP contribution in [0.25, 0.3) is 11.6 Å². The first-order valence-electron chi connectivity index (χ1n) is 9.37. The number of carboxylic acid groups (broad SMARTS) is 2. The van der Waals surface area contributed by atoms with Crippen LogP contribution in [0.2, 0.25) is 0 Å². The van der Waals surface area contributed by atoms with Crippen molar-refractivity contribution in [1.29, 1.82) is 5.26 Å². The van der Waals surface area contributed by atoms with Crippen molar-refractivity contribution in [3.63, 3.8) is 0 Å². The second-order valence-electron chi connectivity index (χ2n) is 6.75. The van der Waals surface area contributed by atoms with Crippen LogP contribution in [0.5, 0.6) is 5.75 Å². The summed E-state index contributed by atoms with van der Waals surface area (Å²) in [5.74, 6) is -3.88. The Morgan fingerprint density at radius 2 is 1.84 bits per heavy atom. The van der Waals surface area contributed by atoms with E-state index in [4.69, 9.17) is 4.74 Å². The van der Waals surface area contributed by atoms with Crippen LogP contribution in [0.15, 0.2) is 65.4 Å². The summed E-state index contributed by atoms with van der Waals surface area (Å²) in [4.78, 5) is 22.9. The number of carboxylic acids is 2. The van der Waals surface area contributed by atoms with Crippen LogP contribution in [0.4, 0.5) is 0 Å². The molecule has 1 heterocycles. The third-order valence-electron chi connectivity index (χ3n) is 4.62. The largest absolute Gasteiger partial charge is 0.489 e. The highest BCUT2D eigenvalue weighted by Gasteiger charge is 2.27. The summed E-state index contributed by atoms with van der Waals surface area (Å²) >= 11 is 1.57. The molecular formula is C24H19NO5S. The van der Waals surface area contributed by atoms with Gasteiger partial charge >= 0.3 is 11.9 Å². The van der Waals surface area contributed by atoms with E-state index in [0.717, 1.165) is 5.56 Å². The van der Waals surface area contributed by atoms with E-state index >= 15 is 0 Å². The summed E-state index contributed by atoms with van der Waals surface area (Å²) in [6, 6.07) is 18.0. The lowest BCUT2D eigenvalue weighted by molar-refractivity contribution is -0.154. The molecule has 0 fully saturated rings. The summed E-state index contributed by atoms with van der Waals surface area (Å²) in [5.41, 5.74) is 3.12. The number of benzene rings is 2.